The first-order chi connectivity index (χ1) is 9.43. The molecule has 110 valence electrons. The molecule has 2 aromatic heterocycles. The van der Waals surface area contributed by atoms with Gasteiger partial charge in [0.1, 0.15) is 19.7 Å². The summed E-state index contributed by atoms with van der Waals surface area (Å²) in [6.07, 6.45) is 2.16. The molecule has 0 spiro atoms. The van der Waals surface area contributed by atoms with Gasteiger partial charge >= 0.3 is 0 Å². The molecule has 0 saturated heterocycles. The average Bonchev–Trinajstić information content (AvgIpc) is 2.80. The first-order valence-electron chi connectivity index (χ1n) is 6.00. The lowest BCUT2D eigenvalue weighted by Gasteiger charge is -2.04. The fourth-order valence-corrected chi connectivity index (χ4v) is 4.82. The van der Waals surface area contributed by atoms with Crippen molar-refractivity contribution in [1.29, 1.82) is 0 Å². The fraction of sp³-hybridized carbons (Fsp3) is 0.455. The lowest BCUT2D eigenvalue weighted by Crippen LogP contribution is -2.11. The Morgan fingerprint density at radius 2 is 2.20 bits per heavy atom. The first kappa shape index (κ1) is 15.5. The molecule has 0 saturated carbocycles. The van der Waals surface area contributed by atoms with Gasteiger partial charge in [0.15, 0.2) is 0 Å². The molecule has 0 unspecified atom stereocenters. The van der Waals surface area contributed by atoms with Gasteiger partial charge in [0, 0.05) is 22.3 Å². The Balaban J connectivity index is 2.32. The molecule has 0 aliphatic heterocycles. The normalized spacial score (nSPS) is 11.9. The number of thioether (sulfide) groups is 1. The van der Waals surface area contributed by atoms with E-state index in [1.54, 1.807) is 11.3 Å². The van der Waals surface area contributed by atoms with Crippen molar-refractivity contribution in [3.8, 4) is 0 Å². The van der Waals surface area contributed by atoms with Crippen LogP contribution in [0.2, 0.25) is 0 Å². The van der Waals surface area contributed by atoms with E-state index in [9.17, 15) is 8.42 Å². The van der Waals surface area contributed by atoms with Crippen LogP contribution in [-0.4, -0.2) is 36.1 Å². The molecule has 2 rings (SSSR count). The van der Waals surface area contributed by atoms with Gasteiger partial charge in [-0.05, 0) is 12.5 Å². The van der Waals surface area contributed by atoms with Gasteiger partial charge < -0.3 is 0 Å². The molecule has 0 aromatic carbocycles. The number of thiophene rings is 1. The highest BCUT2D eigenvalue weighted by atomic mass is 32.2. The van der Waals surface area contributed by atoms with Gasteiger partial charge in [-0.3, -0.25) is 5.43 Å². The number of aromatic nitrogens is 2. The fourth-order valence-electron chi connectivity index (χ4n) is 1.58. The summed E-state index contributed by atoms with van der Waals surface area (Å²) >= 11 is 3.01. The molecule has 0 fully saturated rings. The number of hydrogen-bond donors (Lipinski definition) is 2. The summed E-state index contributed by atoms with van der Waals surface area (Å²) in [4.78, 5) is 10.7. The highest BCUT2D eigenvalue weighted by Crippen LogP contribution is 2.32. The minimum Gasteiger partial charge on any atom is -0.292 e. The standard InChI is InChI=1S/C11H16N4O2S3/c1-3-7-6-8-9(18-4-5-20(2,16)17)13-11(15-12)14-10(8)19-7/h6H,3-5,12H2,1-2H3,(H,13,14,15). The van der Waals surface area contributed by atoms with Gasteiger partial charge in [-0.1, -0.05) is 6.92 Å². The van der Waals surface area contributed by atoms with Crippen molar-refractivity contribution < 1.29 is 8.42 Å². The zero-order valence-corrected chi connectivity index (χ0v) is 13.7. The minimum absolute atomic E-state index is 0.124. The molecular weight excluding hydrogens is 316 g/mol. The molecule has 0 aliphatic rings. The largest absolute Gasteiger partial charge is 0.292 e. The van der Waals surface area contributed by atoms with E-state index in [4.69, 9.17) is 5.84 Å². The number of nitrogens with zero attached hydrogens (tertiary/aromatic N) is 2. The molecule has 3 N–H and O–H groups in total. The summed E-state index contributed by atoms with van der Waals surface area (Å²) in [6, 6.07) is 2.06. The number of hydrogen-bond acceptors (Lipinski definition) is 8. The molecule has 0 atom stereocenters. The Bertz CT molecular complexity index is 712. The molecule has 2 heterocycles. The quantitative estimate of drug-likeness (QED) is 0.359. The highest BCUT2D eigenvalue weighted by Gasteiger charge is 2.12. The summed E-state index contributed by atoms with van der Waals surface area (Å²) in [5.41, 5.74) is 2.45. The Morgan fingerprint density at radius 1 is 1.45 bits per heavy atom. The summed E-state index contributed by atoms with van der Waals surface area (Å²) in [6.45, 7) is 2.08. The van der Waals surface area contributed by atoms with Crippen molar-refractivity contribution in [2.75, 3.05) is 23.2 Å². The molecular formula is C11H16N4O2S3. The van der Waals surface area contributed by atoms with Crippen LogP contribution in [0, 0.1) is 0 Å². The van der Waals surface area contributed by atoms with Gasteiger partial charge in [0.2, 0.25) is 5.95 Å². The van der Waals surface area contributed by atoms with Gasteiger partial charge in [-0.2, -0.15) is 0 Å². The van der Waals surface area contributed by atoms with Crippen LogP contribution in [0.4, 0.5) is 5.95 Å². The number of nitrogens with one attached hydrogen (secondary N) is 1. The number of hydrazine groups is 1. The highest BCUT2D eigenvalue weighted by molar-refractivity contribution is 8.00. The SMILES string of the molecule is CCc1cc2c(SCCS(C)(=O)=O)nc(NN)nc2s1. The molecule has 2 aromatic rings. The number of aryl methyl sites for hydroxylation is 1. The van der Waals surface area contributed by atoms with Crippen molar-refractivity contribution in [3.05, 3.63) is 10.9 Å². The van der Waals surface area contributed by atoms with E-state index < -0.39 is 9.84 Å². The lowest BCUT2D eigenvalue weighted by molar-refractivity contribution is 0.603. The van der Waals surface area contributed by atoms with E-state index in [1.807, 2.05) is 0 Å². The first-order valence-corrected chi connectivity index (χ1v) is 9.87. The third-order valence-corrected chi connectivity index (χ3v) is 5.95. The maximum atomic E-state index is 11.2. The maximum absolute atomic E-state index is 11.2. The van der Waals surface area contributed by atoms with Crippen LogP contribution >= 0.6 is 23.1 Å². The van der Waals surface area contributed by atoms with Crippen LogP contribution in [0.1, 0.15) is 11.8 Å². The van der Waals surface area contributed by atoms with E-state index in [-0.39, 0.29) is 5.75 Å². The lowest BCUT2D eigenvalue weighted by atomic mass is 10.3. The molecule has 0 radical (unpaired) electrons. The number of anilines is 1. The Morgan fingerprint density at radius 3 is 2.80 bits per heavy atom. The van der Waals surface area contributed by atoms with Crippen LogP contribution in [0.25, 0.3) is 10.2 Å². The van der Waals surface area contributed by atoms with Gasteiger partial charge in [-0.15, -0.1) is 23.1 Å². The molecule has 0 bridgehead atoms. The van der Waals surface area contributed by atoms with Crippen LogP contribution in [-0.2, 0) is 16.3 Å². The second-order valence-corrected chi connectivity index (χ2v) is 8.72. The predicted molar refractivity (Wildman–Crippen MR) is 85.0 cm³/mol. The predicted octanol–water partition coefficient (Wildman–Crippen LogP) is 1.68. The summed E-state index contributed by atoms with van der Waals surface area (Å²) in [5.74, 6) is 6.31. The third kappa shape index (κ3) is 3.81. The second-order valence-electron chi connectivity index (χ2n) is 4.26. The molecule has 0 aliphatic carbocycles. The molecule has 20 heavy (non-hydrogen) atoms. The van der Waals surface area contributed by atoms with Crippen LogP contribution in [0.3, 0.4) is 0 Å². The van der Waals surface area contributed by atoms with Crippen molar-refractivity contribution in [2.24, 2.45) is 5.84 Å². The molecule has 9 heteroatoms. The minimum atomic E-state index is -2.96. The van der Waals surface area contributed by atoms with Gasteiger partial charge in [0.05, 0.1) is 5.75 Å². The zero-order valence-electron chi connectivity index (χ0n) is 11.2. The summed E-state index contributed by atoms with van der Waals surface area (Å²) in [7, 11) is -2.96. The summed E-state index contributed by atoms with van der Waals surface area (Å²) in [5, 5.41) is 1.73. The van der Waals surface area contributed by atoms with Crippen molar-refractivity contribution in [1.82, 2.24) is 9.97 Å². The Labute approximate surface area is 126 Å². The monoisotopic (exact) mass is 332 g/mol. The van der Waals surface area contributed by atoms with Crippen molar-refractivity contribution in [3.63, 3.8) is 0 Å². The van der Waals surface area contributed by atoms with Crippen LogP contribution < -0.4 is 11.3 Å². The van der Waals surface area contributed by atoms with Gasteiger partial charge in [0.25, 0.3) is 0 Å². The van der Waals surface area contributed by atoms with Crippen LogP contribution in [0.5, 0.6) is 0 Å². The number of fused-ring (bicyclic) bond motifs is 1. The van der Waals surface area contributed by atoms with Crippen molar-refractivity contribution in [2.45, 2.75) is 18.4 Å². The molecule has 0 amide bonds. The zero-order chi connectivity index (χ0) is 14.8. The Kier molecular flexibility index (Phi) is 4.84. The third-order valence-electron chi connectivity index (χ3n) is 2.58. The van der Waals surface area contributed by atoms with E-state index in [0.29, 0.717) is 11.7 Å². The van der Waals surface area contributed by atoms with Gasteiger partial charge in [-0.25, -0.2) is 24.2 Å². The Hall–Kier alpha value is -0.900. The van der Waals surface area contributed by atoms with E-state index in [2.05, 4.69) is 28.4 Å². The van der Waals surface area contributed by atoms with Crippen molar-refractivity contribution >= 4 is 49.1 Å². The second kappa shape index (κ2) is 6.25. The number of sulfone groups is 1. The molecule has 6 nitrogen and oxygen atoms in total. The maximum Gasteiger partial charge on any atom is 0.239 e. The smallest absolute Gasteiger partial charge is 0.239 e. The average molecular weight is 332 g/mol. The number of nitrogen functional groups attached to an aromatic ring is 1. The topological polar surface area (TPSA) is 98.0 Å². The van der Waals surface area contributed by atoms with E-state index >= 15 is 0 Å². The van der Waals surface area contributed by atoms with E-state index in [1.165, 1.54) is 22.9 Å². The number of rotatable bonds is 6. The number of nitrogens with two attached hydrogens (primary N) is 1. The summed E-state index contributed by atoms with van der Waals surface area (Å²) < 4.78 is 22.4. The van der Waals surface area contributed by atoms with E-state index in [0.717, 1.165) is 21.7 Å². The van der Waals surface area contributed by atoms with Crippen LogP contribution in [0.15, 0.2) is 11.1 Å².